The monoisotopic (exact) mass is 175 g/mol. The second-order valence-corrected chi connectivity index (χ2v) is 1.91. The molecule has 0 aliphatic carbocycles. The molecule has 0 radical (unpaired) electrons. The molecule has 0 aliphatic heterocycles. The molecule has 5 heteroatoms. The Kier molecular flexibility index (Phi) is 10.6. The minimum absolute atomic E-state index is 0.237. The lowest BCUT2D eigenvalue weighted by atomic mass is 10.2. The first-order chi connectivity index (χ1) is 5.59. The van der Waals surface area contributed by atoms with Crippen LogP contribution in [-0.2, 0) is 9.59 Å². The second kappa shape index (κ2) is 9.64. The van der Waals surface area contributed by atoms with Crippen molar-refractivity contribution >= 4 is 12.4 Å². The van der Waals surface area contributed by atoms with Crippen molar-refractivity contribution in [1.29, 1.82) is 0 Å². The molecule has 0 aliphatic rings. The van der Waals surface area contributed by atoms with Gasteiger partial charge < -0.3 is 15.9 Å². The van der Waals surface area contributed by atoms with E-state index in [9.17, 15) is 4.79 Å². The molecule has 0 fully saturated rings. The predicted molar refractivity (Wildman–Crippen MR) is 43.8 cm³/mol. The number of carbonyl (C=O) groups is 2. The van der Waals surface area contributed by atoms with Gasteiger partial charge >= 0.3 is 5.97 Å². The van der Waals surface area contributed by atoms with Gasteiger partial charge in [-0.05, 0) is 19.4 Å². The summed E-state index contributed by atoms with van der Waals surface area (Å²) in [4.78, 5) is 18.4. The summed E-state index contributed by atoms with van der Waals surface area (Å²) in [6, 6.07) is 0. The molecule has 70 valence electrons. The highest BCUT2D eigenvalue weighted by molar-refractivity contribution is 5.85. The molecule has 0 unspecified atom stereocenters. The van der Waals surface area contributed by atoms with Gasteiger partial charge in [-0.3, -0.25) is 4.79 Å². The summed E-state index contributed by atoms with van der Waals surface area (Å²) in [7, 11) is 0. The maximum absolute atomic E-state index is 10.1. The number of hydrogen-bond donors (Lipinski definition) is 3. The predicted octanol–water partition coefficient (Wildman–Crippen LogP) is 0.0669. The van der Waals surface area contributed by atoms with Crippen LogP contribution < -0.4 is 5.73 Å². The first kappa shape index (κ1) is 13.2. The van der Waals surface area contributed by atoms with Crippen LogP contribution in [0.2, 0.25) is 0 Å². The number of aliphatic carboxylic acids is 1. The van der Waals surface area contributed by atoms with E-state index < -0.39 is 5.97 Å². The highest BCUT2D eigenvalue weighted by atomic mass is 16.4. The molecule has 0 saturated carbocycles. The van der Waals surface area contributed by atoms with Gasteiger partial charge in [0.15, 0.2) is 0 Å². The Bertz CT molecular complexity index is 155. The van der Waals surface area contributed by atoms with Crippen LogP contribution in [0.25, 0.3) is 0 Å². The van der Waals surface area contributed by atoms with Gasteiger partial charge in [-0.15, -0.1) is 0 Å². The normalized spacial score (nSPS) is 7.75. The zero-order chi connectivity index (χ0) is 9.98. The topological polar surface area (TPSA) is 101 Å². The average molecular weight is 175 g/mol. The van der Waals surface area contributed by atoms with E-state index >= 15 is 0 Å². The third-order valence-corrected chi connectivity index (χ3v) is 0.985. The highest BCUT2D eigenvalue weighted by Gasteiger charge is 2.00. The molecule has 0 atom stereocenters. The van der Waals surface area contributed by atoms with Crippen molar-refractivity contribution in [2.75, 3.05) is 6.54 Å². The van der Waals surface area contributed by atoms with Crippen molar-refractivity contribution in [3.05, 3.63) is 12.2 Å². The van der Waals surface area contributed by atoms with Crippen LogP contribution in [0.15, 0.2) is 12.2 Å². The van der Waals surface area contributed by atoms with Crippen LogP contribution in [0.1, 0.15) is 12.8 Å². The van der Waals surface area contributed by atoms with E-state index in [1.807, 2.05) is 0 Å². The van der Waals surface area contributed by atoms with Crippen molar-refractivity contribution < 1.29 is 19.8 Å². The van der Waals surface area contributed by atoms with Crippen molar-refractivity contribution in [3.63, 3.8) is 0 Å². The number of carboxylic acid groups (broad SMARTS) is 2. The first-order valence-corrected chi connectivity index (χ1v) is 3.29. The van der Waals surface area contributed by atoms with E-state index in [4.69, 9.17) is 20.7 Å². The van der Waals surface area contributed by atoms with Crippen molar-refractivity contribution in [2.45, 2.75) is 12.8 Å². The summed E-state index contributed by atoms with van der Waals surface area (Å²) in [5.74, 6) is -0.927. The molecule has 12 heavy (non-hydrogen) atoms. The van der Waals surface area contributed by atoms with Crippen LogP contribution in [0.5, 0.6) is 0 Å². The van der Waals surface area contributed by atoms with Gasteiger partial charge in [0.05, 0.1) is 0 Å². The molecular formula is C7H13NO4. The van der Waals surface area contributed by atoms with Crippen LogP contribution in [0.4, 0.5) is 0 Å². The molecule has 0 heterocycles. The molecule has 0 aromatic rings. The minimum Gasteiger partial charge on any atom is -0.483 e. The van der Waals surface area contributed by atoms with Crippen LogP contribution in [0, 0.1) is 0 Å². The maximum atomic E-state index is 10.1. The fraction of sp³-hybridized carbons (Fsp3) is 0.429. The summed E-state index contributed by atoms with van der Waals surface area (Å²) in [5, 5.41) is 15.2. The number of hydrogen-bond acceptors (Lipinski definition) is 3. The third-order valence-electron chi connectivity index (χ3n) is 0.985. The number of nitrogens with two attached hydrogens (primary N) is 1. The van der Waals surface area contributed by atoms with E-state index in [0.717, 1.165) is 0 Å². The Morgan fingerprint density at radius 3 is 2.25 bits per heavy atom. The van der Waals surface area contributed by atoms with Crippen LogP contribution in [-0.4, -0.2) is 29.2 Å². The van der Waals surface area contributed by atoms with Gasteiger partial charge in [-0.25, -0.2) is 4.79 Å². The molecular weight excluding hydrogens is 162 g/mol. The van der Waals surface area contributed by atoms with Crippen molar-refractivity contribution in [1.82, 2.24) is 0 Å². The summed E-state index contributed by atoms with van der Waals surface area (Å²) < 4.78 is 0. The highest BCUT2D eigenvalue weighted by Crippen LogP contribution is 1.99. The van der Waals surface area contributed by atoms with Gasteiger partial charge in [0, 0.05) is 5.57 Å². The van der Waals surface area contributed by atoms with Gasteiger partial charge in [0.2, 0.25) is 0 Å². The maximum Gasteiger partial charge on any atom is 0.330 e. The van der Waals surface area contributed by atoms with Gasteiger partial charge in [-0.2, -0.15) is 0 Å². The van der Waals surface area contributed by atoms with Crippen molar-refractivity contribution in [2.24, 2.45) is 5.73 Å². The van der Waals surface area contributed by atoms with Gasteiger partial charge in [0.25, 0.3) is 6.47 Å². The molecule has 0 bridgehead atoms. The third kappa shape index (κ3) is 11.4. The molecule has 0 rings (SSSR count). The summed E-state index contributed by atoms with van der Waals surface area (Å²) in [6.07, 6.45) is 1.19. The average Bonchev–Trinajstić information content (AvgIpc) is 2.01. The number of rotatable bonds is 4. The van der Waals surface area contributed by atoms with E-state index in [-0.39, 0.29) is 12.0 Å². The Balaban J connectivity index is 0. The fourth-order valence-electron chi connectivity index (χ4n) is 0.422. The van der Waals surface area contributed by atoms with Crippen LogP contribution in [0.3, 0.4) is 0 Å². The number of carboxylic acids is 1. The largest absolute Gasteiger partial charge is 0.483 e. The summed E-state index contributed by atoms with van der Waals surface area (Å²) in [6.45, 7) is 3.61. The van der Waals surface area contributed by atoms with E-state index in [1.54, 1.807) is 0 Å². The SMILES string of the molecule is C=C(CCCN)C(=O)O.O=CO. The molecule has 0 aromatic carbocycles. The lowest BCUT2D eigenvalue weighted by Gasteiger charge is -1.95. The summed E-state index contributed by atoms with van der Waals surface area (Å²) >= 11 is 0. The van der Waals surface area contributed by atoms with Gasteiger partial charge in [-0.1, -0.05) is 6.58 Å². The lowest BCUT2D eigenvalue weighted by Crippen LogP contribution is -2.03. The summed E-state index contributed by atoms with van der Waals surface area (Å²) in [5.41, 5.74) is 5.38. The lowest BCUT2D eigenvalue weighted by molar-refractivity contribution is -0.132. The quantitative estimate of drug-likeness (QED) is 0.414. The minimum atomic E-state index is -0.927. The zero-order valence-corrected chi connectivity index (χ0v) is 6.69. The second-order valence-electron chi connectivity index (χ2n) is 1.91. The van der Waals surface area contributed by atoms with E-state index in [1.165, 1.54) is 0 Å². The molecule has 0 saturated heterocycles. The zero-order valence-electron chi connectivity index (χ0n) is 6.69. The Morgan fingerprint density at radius 1 is 1.58 bits per heavy atom. The molecule has 5 nitrogen and oxygen atoms in total. The van der Waals surface area contributed by atoms with Gasteiger partial charge in [0.1, 0.15) is 0 Å². The van der Waals surface area contributed by atoms with Crippen LogP contribution >= 0.6 is 0 Å². The fourth-order valence-corrected chi connectivity index (χ4v) is 0.422. The molecule has 0 amide bonds. The Hall–Kier alpha value is -1.36. The van der Waals surface area contributed by atoms with E-state index in [2.05, 4.69) is 6.58 Å². The molecule has 0 spiro atoms. The standard InChI is InChI=1S/C6H11NO2.CH2O2/c1-5(6(8)9)3-2-4-7;2-1-3/h1-4,7H2,(H,8,9);1H,(H,2,3). The van der Waals surface area contributed by atoms with Crippen molar-refractivity contribution in [3.8, 4) is 0 Å². The molecule has 0 aromatic heterocycles. The smallest absolute Gasteiger partial charge is 0.330 e. The first-order valence-electron chi connectivity index (χ1n) is 3.29. The van der Waals surface area contributed by atoms with E-state index in [0.29, 0.717) is 19.4 Å². The Labute approximate surface area is 70.5 Å². The molecule has 4 N–H and O–H groups in total. The Morgan fingerprint density at radius 2 is 2.00 bits per heavy atom.